The zero-order valence-electron chi connectivity index (χ0n) is 13.3. The van der Waals surface area contributed by atoms with Crippen LogP contribution < -0.4 is 5.32 Å². The first kappa shape index (κ1) is 16.0. The number of hydrogen-bond donors (Lipinski definition) is 2. The van der Waals surface area contributed by atoms with Gasteiger partial charge >= 0.3 is 0 Å². The normalized spacial score (nSPS) is 16.2. The average Bonchev–Trinajstić information content (AvgIpc) is 3.19. The van der Waals surface area contributed by atoms with Crippen LogP contribution in [0.5, 0.6) is 0 Å². The molecule has 0 spiro atoms. The highest BCUT2D eigenvalue weighted by Gasteiger charge is 2.32. The lowest BCUT2D eigenvalue weighted by Crippen LogP contribution is -2.27. The van der Waals surface area contributed by atoms with Gasteiger partial charge in [0.05, 0.1) is 23.6 Å². The summed E-state index contributed by atoms with van der Waals surface area (Å²) in [5.74, 6) is 0.946. The summed E-state index contributed by atoms with van der Waals surface area (Å²) >= 11 is 0. The SMILES string of the molecule is CCC(O)CCNC(=O)c1cnn(CC(C)C)c1C1CC1. The third kappa shape index (κ3) is 4.30. The van der Waals surface area contributed by atoms with Crippen LogP contribution in [-0.4, -0.2) is 33.4 Å². The standard InChI is InChI=1S/C16H27N3O2/c1-4-13(20)7-8-17-16(21)14-9-18-19(10-11(2)3)15(14)12-5-6-12/h9,11-13,20H,4-8,10H2,1-3H3,(H,17,21). The third-order valence-electron chi connectivity index (χ3n) is 3.86. The predicted octanol–water partition coefficient (Wildman–Crippen LogP) is 2.31. The van der Waals surface area contributed by atoms with Crippen molar-refractivity contribution in [2.75, 3.05) is 6.54 Å². The van der Waals surface area contributed by atoms with Crippen molar-refractivity contribution < 1.29 is 9.90 Å². The Bertz CT molecular complexity index is 478. The first-order valence-electron chi connectivity index (χ1n) is 8.04. The van der Waals surface area contributed by atoms with Crippen molar-refractivity contribution >= 4 is 5.91 Å². The van der Waals surface area contributed by atoms with E-state index in [2.05, 4.69) is 24.3 Å². The van der Waals surface area contributed by atoms with Gasteiger partial charge in [-0.05, 0) is 31.6 Å². The summed E-state index contributed by atoms with van der Waals surface area (Å²) < 4.78 is 2.00. The Kier molecular flexibility index (Phi) is 5.39. The van der Waals surface area contributed by atoms with Crippen molar-refractivity contribution in [3.8, 4) is 0 Å². The lowest BCUT2D eigenvalue weighted by Gasteiger charge is -2.12. The van der Waals surface area contributed by atoms with Gasteiger partial charge in [-0.1, -0.05) is 20.8 Å². The number of aliphatic hydroxyl groups is 1. The maximum atomic E-state index is 12.3. The van der Waals surface area contributed by atoms with Crippen LogP contribution >= 0.6 is 0 Å². The van der Waals surface area contributed by atoms with Crippen LogP contribution in [0.2, 0.25) is 0 Å². The molecule has 1 unspecified atom stereocenters. The summed E-state index contributed by atoms with van der Waals surface area (Å²) in [5, 5.41) is 16.8. The lowest BCUT2D eigenvalue weighted by atomic mass is 10.1. The van der Waals surface area contributed by atoms with E-state index in [4.69, 9.17) is 0 Å². The molecule has 5 heteroatoms. The fourth-order valence-corrected chi connectivity index (χ4v) is 2.50. The van der Waals surface area contributed by atoms with Gasteiger partial charge in [-0.3, -0.25) is 9.48 Å². The summed E-state index contributed by atoms with van der Waals surface area (Å²) in [6, 6.07) is 0. The van der Waals surface area contributed by atoms with Crippen LogP contribution in [0.3, 0.4) is 0 Å². The predicted molar refractivity (Wildman–Crippen MR) is 82.3 cm³/mol. The van der Waals surface area contributed by atoms with Crippen LogP contribution in [0.1, 0.15) is 68.4 Å². The minimum absolute atomic E-state index is 0.0600. The summed E-state index contributed by atoms with van der Waals surface area (Å²) in [4.78, 5) is 12.3. The van der Waals surface area contributed by atoms with Crippen molar-refractivity contribution in [3.05, 3.63) is 17.5 Å². The van der Waals surface area contributed by atoms with E-state index >= 15 is 0 Å². The third-order valence-corrected chi connectivity index (χ3v) is 3.86. The minimum Gasteiger partial charge on any atom is -0.393 e. The molecule has 0 aromatic carbocycles. The minimum atomic E-state index is -0.336. The van der Waals surface area contributed by atoms with E-state index in [0.29, 0.717) is 30.4 Å². The summed E-state index contributed by atoms with van der Waals surface area (Å²) in [5.41, 5.74) is 1.81. The van der Waals surface area contributed by atoms with Crippen LogP contribution in [0.25, 0.3) is 0 Å². The summed E-state index contributed by atoms with van der Waals surface area (Å²) in [6.07, 6.45) is 4.98. The number of hydrogen-bond acceptors (Lipinski definition) is 3. The van der Waals surface area contributed by atoms with E-state index in [-0.39, 0.29) is 12.0 Å². The Hall–Kier alpha value is -1.36. The number of carbonyl (C=O) groups excluding carboxylic acids is 1. The number of nitrogens with zero attached hydrogens (tertiary/aromatic N) is 2. The molecule has 118 valence electrons. The second-order valence-corrected chi connectivity index (χ2v) is 6.40. The van der Waals surface area contributed by atoms with Gasteiger partial charge in [0.1, 0.15) is 0 Å². The fraction of sp³-hybridized carbons (Fsp3) is 0.750. The molecule has 0 aliphatic heterocycles. The maximum Gasteiger partial charge on any atom is 0.254 e. The quantitative estimate of drug-likeness (QED) is 0.773. The summed E-state index contributed by atoms with van der Waals surface area (Å²) in [6.45, 7) is 7.61. The molecular formula is C16H27N3O2. The van der Waals surface area contributed by atoms with E-state index < -0.39 is 0 Å². The molecule has 2 rings (SSSR count). The van der Waals surface area contributed by atoms with Gasteiger partial charge < -0.3 is 10.4 Å². The molecule has 1 atom stereocenters. The van der Waals surface area contributed by atoms with Gasteiger partial charge in [-0.2, -0.15) is 5.10 Å². The Balaban J connectivity index is 2.01. The largest absolute Gasteiger partial charge is 0.393 e. The van der Waals surface area contributed by atoms with Crippen LogP contribution in [-0.2, 0) is 6.54 Å². The number of aliphatic hydroxyl groups excluding tert-OH is 1. The topological polar surface area (TPSA) is 67.2 Å². The summed E-state index contributed by atoms with van der Waals surface area (Å²) in [7, 11) is 0. The molecule has 1 fully saturated rings. The highest BCUT2D eigenvalue weighted by molar-refractivity contribution is 5.95. The molecule has 1 aromatic rings. The van der Waals surface area contributed by atoms with Crippen molar-refractivity contribution in [1.29, 1.82) is 0 Å². The van der Waals surface area contributed by atoms with Crippen LogP contribution in [0, 0.1) is 5.92 Å². The van der Waals surface area contributed by atoms with Gasteiger partial charge in [0, 0.05) is 19.0 Å². The Morgan fingerprint density at radius 2 is 2.24 bits per heavy atom. The van der Waals surface area contributed by atoms with E-state index in [1.54, 1.807) is 6.20 Å². The molecular weight excluding hydrogens is 266 g/mol. The van der Waals surface area contributed by atoms with Crippen LogP contribution in [0.4, 0.5) is 0 Å². The van der Waals surface area contributed by atoms with Crippen LogP contribution in [0.15, 0.2) is 6.20 Å². The van der Waals surface area contributed by atoms with Gasteiger partial charge in [0.15, 0.2) is 0 Å². The van der Waals surface area contributed by atoms with Crippen molar-refractivity contribution in [3.63, 3.8) is 0 Å². The highest BCUT2D eigenvalue weighted by atomic mass is 16.3. The molecule has 1 amide bonds. The number of rotatable bonds is 8. The smallest absolute Gasteiger partial charge is 0.254 e. The van der Waals surface area contributed by atoms with Gasteiger partial charge in [-0.15, -0.1) is 0 Å². The first-order valence-corrected chi connectivity index (χ1v) is 8.04. The first-order chi connectivity index (χ1) is 10.0. The molecule has 1 aliphatic rings. The monoisotopic (exact) mass is 293 g/mol. The van der Waals surface area contributed by atoms with Gasteiger partial charge in [0.25, 0.3) is 5.91 Å². The fourth-order valence-electron chi connectivity index (χ4n) is 2.50. The molecule has 1 aliphatic carbocycles. The highest BCUT2D eigenvalue weighted by Crippen LogP contribution is 2.41. The van der Waals surface area contributed by atoms with Crippen molar-refractivity contribution in [1.82, 2.24) is 15.1 Å². The van der Waals surface area contributed by atoms with Gasteiger partial charge in [-0.25, -0.2) is 0 Å². The van der Waals surface area contributed by atoms with Crippen molar-refractivity contribution in [2.24, 2.45) is 5.92 Å². The molecule has 0 bridgehead atoms. The van der Waals surface area contributed by atoms with Crippen molar-refractivity contribution in [2.45, 2.75) is 65.0 Å². The van der Waals surface area contributed by atoms with E-state index in [0.717, 1.165) is 31.5 Å². The second kappa shape index (κ2) is 7.07. The Labute approximate surface area is 126 Å². The Morgan fingerprint density at radius 3 is 2.81 bits per heavy atom. The second-order valence-electron chi connectivity index (χ2n) is 6.40. The number of amides is 1. The molecule has 1 heterocycles. The zero-order chi connectivity index (χ0) is 15.4. The number of aromatic nitrogens is 2. The molecule has 1 aromatic heterocycles. The molecule has 0 saturated heterocycles. The lowest BCUT2D eigenvalue weighted by molar-refractivity contribution is 0.0940. The maximum absolute atomic E-state index is 12.3. The number of nitrogens with one attached hydrogen (secondary N) is 1. The van der Waals surface area contributed by atoms with Gasteiger partial charge in [0.2, 0.25) is 0 Å². The zero-order valence-corrected chi connectivity index (χ0v) is 13.3. The molecule has 21 heavy (non-hydrogen) atoms. The van der Waals surface area contributed by atoms with E-state index in [9.17, 15) is 9.90 Å². The molecule has 5 nitrogen and oxygen atoms in total. The Morgan fingerprint density at radius 1 is 1.52 bits per heavy atom. The van der Waals surface area contributed by atoms with E-state index in [1.165, 1.54) is 0 Å². The molecule has 0 radical (unpaired) electrons. The molecule has 1 saturated carbocycles. The van der Waals surface area contributed by atoms with E-state index in [1.807, 2.05) is 11.6 Å². The molecule has 2 N–H and O–H groups in total. The number of carbonyl (C=O) groups is 1. The average molecular weight is 293 g/mol.